The van der Waals surface area contributed by atoms with E-state index in [9.17, 15) is 4.79 Å². The molecule has 1 aromatic heterocycles. The Morgan fingerprint density at radius 1 is 1.16 bits per heavy atom. The molecule has 0 saturated heterocycles. The van der Waals surface area contributed by atoms with E-state index in [0.717, 1.165) is 16.5 Å². The minimum Gasteiger partial charge on any atom is -0.496 e. The monoisotopic (exact) mass is 262 g/mol. The lowest BCUT2D eigenvalue weighted by molar-refractivity contribution is 0.377. The molecule has 102 valence electrons. The van der Waals surface area contributed by atoms with E-state index >= 15 is 0 Å². The van der Waals surface area contributed by atoms with Gasteiger partial charge in [-0.25, -0.2) is 4.79 Å². The lowest BCUT2D eigenvalue weighted by Crippen LogP contribution is -2.09. The van der Waals surface area contributed by atoms with E-state index in [0.29, 0.717) is 11.3 Å². The van der Waals surface area contributed by atoms with Gasteiger partial charge in [0.05, 0.1) is 14.2 Å². The van der Waals surface area contributed by atoms with Crippen LogP contribution in [0.2, 0.25) is 0 Å². The van der Waals surface area contributed by atoms with Crippen molar-refractivity contribution in [2.45, 2.75) is 26.7 Å². The molecule has 0 radical (unpaired) electrons. The van der Waals surface area contributed by atoms with Crippen molar-refractivity contribution in [1.82, 2.24) is 0 Å². The zero-order valence-corrected chi connectivity index (χ0v) is 11.9. The molecule has 2 rings (SSSR count). The molecule has 0 amide bonds. The Morgan fingerprint density at radius 3 is 2.37 bits per heavy atom. The summed E-state index contributed by atoms with van der Waals surface area (Å²) < 4.78 is 15.8. The third kappa shape index (κ3) is 2.18. The molecule has 0 bridgehead atoms. The number of hydrogen-bond acceptors (Lipinski definition) is 4. The highest BCUT2D eigenvalue weighted by molar-refractivity contribution is 5.85. The second-order valence-corrected chi connectivity index (χ2v) is 4.81. The number of ether oxygens (including phenoxy) is 2. The van der Waals surface area contributed by atoms with E-state index in [1.807, 2.05) is 26.8 Å². The molecule has 1 aromatic carbocycles. The first-order valence-electron chi connectivity index (χ1n) is 6.19. The number of aryl methyl sites for hydroxylation is 1. The Kier molecular flexibility index (Phi) is 3.51. The van der Waals surface area contributed by atoms with Crippen LogP contribution in [0.3, 0.4) is 0 Å². The molecular formula is C15H18O4. The minimum atomic E-state index is -0.454. The fourth-order valence-electron chi connectivity index (χ4n) is 2.33. The second-order valence-electron chi connectivity index (χ2n) is 4.81. The Hall–Kier alpha value is -1.97. The lowest BCUT2D eigenvalue weighted by atomic mass is 9.97. The molecule has 0 aliphatic heterocycles. The number of hydrogen-bond donors (Lipinski definition) is 0. The zero-order chi connectivity index (χ0) is 14.2. The topological polar surface area (TPSA) is 48.7 Å². The molecular weight excluding hydrogens is 244 g/mol. The Bertz CT molecular complexity index is 668. The van der Waals surface area contributed by atoms with Crippen LogP contribution in [0.25, 0.3) is 11.0 Å². The maximum atomic E-state index is 11.9. The molecule has 0 spiro atoms. The Morgan fingerprint density at radius 2 is 1.84 bits per heavy atom. The van der Waals surface area contributed by atoms with Gasteiger partial charge in [-0.05, 0) is 24.5 Å². The summed E-state index contributed by atoms with van der Waals surface area (Å²) in [5, 5.41) is 0.893. The zero-order valence-electron chi connectivity index (χ0n) is 11.9. The number of benzene rings is 1. The Labute approximate surface area is 111 Å². The Balaban J connectivity index is 2.92. The standard InChI is InChI=1S/C15H18O4/c1-8(2)13-10-6-9(3)11(17-4)7-12(10)19-15(16)14(13)18-5/h6-8H,1-5H3. The molecule has 4 nitrogen and oxygen atoms in total. The van der Waals surface area contributed by atoms with Gasteiger partial charge in [-0.1, -0.05) is 13.8 Å². The van der Waals surface area contributed by atoms with Crippen molar-refractivity contribution >= 4 is 11.0 Å². The van der Waals surface area contributed by atoms with Crippen molar-refractivity contribution in [3.8, 4) is 11.5 Å². The second kappa shape index (κ2) is 4.96. The predicted octanol–water partition coefficient (Wildman–Crippen LogP) is 3.24. The van der Waals surface area contributed by atoms with E-state index in [1.165, 1.54) is 7.11 Å². The van der Waals surface area contributed by atoms with Crippen LogP contribution in [0.5, 0.6) is 11.5 Å². The summed E-state index contributed by atoms with van der Waals surface area (Å²) in [4.78, 5) is 11.9. The smallest absolute Gasteiger partial charge is 0.379 e. The number of methoxy groups -OCH3 is 2. The minimum absolute atomic E-state index is 0.161. The van der Waals surface area contributed by atoms with Gasteiger partial charge in [0, 0.05) is 17.0 Å². The molecule has 0 N–H and O–H groups in total. The number of rotatable bonds is 3. The van der Waals surface area contributed by atoms with Crippen molar-refractivity contribution in [2.24, 2.45) is 0 Å². The van der Waals surface area contributed by atoms with Crippen molar-refractivity contribution in [3.63, 3.8) is 0 Å². The summed E-state index contributed by atoms with van der Waals surface area (Å²) >= 11 is 0. The van der Waals surface area contributed by atoms with Gasteiger partial charge in [0.15, 0.2) is 0 Å². The number of fused-ring (bicyclic) bond motifs is 1. The third-order valence-electron chi connectivity index (χ3n) is 3.20. The first-order valence-corrected chi connectivity index (χ1v) is 6.19. The van der Waals surface area contributed by atoms with Crippen LogP contribution >= 0.6 is 0 Å². The first kappa shape index (κ1) is 13.5. The normalized spacial score (nSPS) is 11.1. The van der Waals surface area contributed by atoms with Gasteiger partial charge < -0.3 is 13.9 Å². The third-order valence-corrected chi connectivity index (χ3v) is 3.20. The quantitative estimate of drug-likeness (QED) is 0.797. The molecule has 4 heteroatoms. The van der Waals surface area contributed by atoms with Crippen molar-refractivity contribution in [2.75, 3.05) is 14.2 Å². The molecule has 0 aliphatic carbocycles. The summed E-state index contributed by atoms with van der Waals surface area (Å²) in [5.74, 6) is 1.15. The van der Waals surface area contributed by atoms with Crippen molar-refractivity contribution in [1.29, 1.82) is 0 Å². The van der Waals surface area contributed by atoms with Crippen LogP contribution in [0, 0.1) is 6.92 Å². The van der Waals surface area contributed by atoms with Crippen molar-refractivity contribution in [3.05, 3.63) is 33.7 Å². The van der Waals surface area contributed by atoms with Gasteiger partial charge in [-0.3, -0.25) is 0 Å². The van der Waals surface area contributed by atoms with Gasteiger partial charge in [0.2, 0.25) is 5.75 Å². The average Bonchev–Trinajstić information content (AvgIpc) is 2.36. The molecule has 0 fully saturated rings. The highest BCUT2D eigenvalue weighted by atomic mass is 16.5. The summed E-state index contributed by atoms with van der Waals surface area (Å²) in [5.41, 5.74) is 1.94. The van der Waals surface area contributed by atoms with Gasteiger partial charge in [0.1, 0.15) is 11.3 Å². The van der Waals surface area contributed by atoms with E-state index < -0.39 is 5.63 Å². The van der Waals surface area contributed by atoms with E-state index in [2.05, 4.69) is 0 Å². The van der Waals surface area contributed by atoms with E-state index in [-0.39, 0.29) is 11.7 Å². The van der Waals surface area contributed by atoms with E-state index in [1.54, 1.807) is 13.2 Å². The molecule has 19 heavy (non-hydrogen) atoms. The van der Waals surface area contributed by atoms with Crippen molar-refractivity contribution < 1.29 is 13.9 Å². The van der Waals surface area contributed by atoms with Crippen LogP contribution in [0.15, 0.2) is 21.3 Å². The average molecular weight is 262 g/mol. The van der Waals surface area contributed by atoms with Crippen LogP contribution in [0.4, 0.5) is 0 Å². The fourth-order valence-corrected chi connectivity index (χ4v) is 2.33. The summed E-state index contributed by atoms with van der Waals surface area (Å²) in [6, 6.07) is 3.71. The van der Waals surface area contributed by atoms with Gasteiger partial charge >= 0.3 is 5.63 Å². The van der Waals surface area contributed by atoms with Crippen LogP contribution in [-0.4, -0.2) is 14.2 Å². The lowest BCUT2D eigenvalue weighted by Gasteiger charge is -2.14. The van der Waals surface area contributed by atoms with Crippen LogP contribution in [-0.2, 0) is 0 Å². The first-order chi connectivity index (χ1) is 8.99. The highest BCUT2D eigenvalue weighted by Gasteiger charge is 2.19. The molecule has 0 saturated carbocycles. The summed E-state index contributed by atoms with van der Waals surface area (Å²) in [6.45, 7) is 6.01. The molecule has 1 heterocycles. The highest BCUT2D eigenvalue weighted by Crippen LogP contribution is 2.34. The maximum Gasteiger partial charge on any atom is 0.379 e. The van der Waals surface area contributed by atoms with Crippen LogP contribution in [0.1, 0.15) is 30.9 Å². The largest absolute Gasteiger partial charge is 0.496 e. The molecule has 0 aliphatic rings. The molecule has 0 atom stereocenters. The SMILES string of the molecule is COc1cc2oc(=O)c(OC)c(C(C)C)c2cc1C. The fraction of sp³-hybridized carbons (Fsp3) is 0.400. The van der Waals surface area contributed by atoms with Crippen LogP contribution < -0.4 is 15.1 Å². The summed E-state index contributed by atoms with van der Waals surface area (Å²) in [6.07, 6.45) is 0. The summed E-state index contributed by atoms with van der Waals surface area (Å²) in [7, 11) is 3.08. The maximum absolute atomic E-state index is 11.9. The van der Waals surface area contributed by atoms with Gasteiger partial charge in [0.25, 0.3) is 0 Å². The van der Waals surface area contributed by atoms with Gasteiger partial charge in [-0.15, -0.1) is 0 Å². The van der Waals surface area contributed by atoms with Gasteiger partial charge in [-0.2, -0.15) is 0 Å². The predicted molar refractivity (Wildman–Crippen MR) is 74.4 cm³/mol. The molecule has 0 unspecified atom stereocenters. The molecule has 2 aromatic rings. The van der Waals surface area contributed by atoms with E-state index in [4.69, 9.17) is 13.9 Å².